The number of nitrogens with one attached hydrogen (secondary N) is 1. The number of carbonyl (C=O) groups excluding carboxylic acids is 1. The van der Waals surface area contributed by atoms with Crippen molar-refractivity contribution in [1.82, 2.24) is 5.32 Å². The summed E-state index contributed by atoms with van der Waals surface area (Å²) in [6.07, 6.45) is 0.487. The molecular formula is C18H16INO2. The second-order valence-electron chi connectivity index (χ2n) is 6.04. The van der Waals surface area contributed by atoms with Gasteiger partial charge in [0.15, 0.2) is 0 Å². The molecule has 0 bridgehead atoms. The van der Waals surface area contributed by atoms with Crippen LogP contribution in [0.4, 0.5) is 4.79 Å². The van der Waals surface area contributed by atoms with E-state index in [1.165, 1.54) is 25.8 Å². The van der Waals surface area contributed by atoms with E-state index in [0.717, 1.165) is 6.42 Å². The molecule has 1 aliphatic carbocycles. The summed E-state index contributed by atoms with van der Waals surface area (Å²) in [7, 11) is 0. The van der Waals surface area contributed by atoms with Gasteiger partial charge >= 0.3 is 6.09 Å². The Balaban J connectivity index is 1.78. The van der Waals surface area contributed by atoms with Crippen LogP contribution in [-0.4, -0.2) is 6.09 Å². The van der Waals surface area contributed by atoms with Crippen LogP contribution in [0.3, 0.4) is 0 Å². The molecule has 1 amide bonds. The van der Waals surface area contributed by atoms with E-state index < -0.39 is 0 Å². The highest BCUT2D eigenvalue weighted by atomic mass is 127. The van der Waals surface area contributed by atoms with Gasteiger partial charge in [-0.2, -0.15) is 0 Å². The van der Waals surface area contributed by atoms with Crippen molar-refractivity contribution < 1.29 is 9.53 Å². The Kier molecular flexibility index (Phi) is 3.36. The second kappa shape index (κ2) is 5.26. The lowest BCUT2D eigenvalue weighted by atomic mass is 9.88. The number of ether oxygens (including phenoxy) is 1. The molecule has 22 heavy (non-hydrogen) atoms. The van der Waals surface area contributed by atoms with Gasteiger partial charge in [0, 0.05) is 9.49 Å². The zero-order chi connectivity index (χ0) is 15.3. The zero-order valence-electron chi connectivity index (χ0n) is 12.2. The van der Waals surface area contributed by atoms with E-state index in [0.29, 0.717) is 0 Å². The average molecular weight is 405 g/mol. The molecule has 4 heteroatoms. The maximum Gasteiger partial charge on any atom is 0.408 e. The van der Waals surface area contributed by atoms with Crippen molar-refractivity contribution in [2.45, 2.75) is 25.5 Å². The van der Waals surface area contributed by atoms with Crippen LogP contribution in [0.2, 0.25) is 0 Å². The summed E-state index contributed by atoms with van der Waals surface area (Å²) in [5, 5.41) is 3.03. The molecule has 112 valence electrons. The topological polar surface area (TPSA) is 38.3 Å². The number of hydrogen-bond acceptors (Lipinski definition) is 2. The van der Waals surface area contributed by atoms with Crippen molar-refractivity contribution in [3.05, 3.63) is 68.3 Å². The van der Waals surface area contributed by atoms with Crippen molar-refractivity contribution in [1.29, 1.82) is 0 Å². The van der Waals surface area contributed by atoms with Crippen LogP contribution in [0.1, 0.15) is 34.4 Å². The summed E-state index contributed by atoms with van der Waals surface area (Å²) < 4.78 is 6.81. The van der Waals surface area contributed by atoms with Crippen LogP contribution in [0.15, 0.2) is 42.5 Å². The van der Waals surface area contributed by atoms with Gasteiger partial charge in [-0.1, -0.05) is 42.0 Å². The molecule has 3 atom stereocenters. The molecular weight excluding hydrogens is 389 g/mol. The number of alkyl carbamates (subject to hydrolysis) is 1. The normalized spacial score (nSPS) is 25.9. The summed E-state index contributed by atoms with van der Waals surface area (Å²) in [4.78, 5) is 12.1. The van der Waals surface area contributed by atoms with Crippen LogP contribution < -0.4 is 5.32 Å². The van der Waals surface area contributed by atoms with E-state index >= 15 is 0 Å². The van der Waals surface area contributed by atoms with E-state index in [2.05, 4.69) is 65.2 Å². The Morgan fingerprint density at radius 3 is 2.82 bits per heavy atom. The third-order valence-corrected chi connectivity index (χ3v) is 5.61. The van der Waals surface area contributed by atoms with Gasteiger partial charge in [0.2, 0.25) is 0 Å². The third-order valence-electron chi connectivity index (χ3n) is 4.63. The lowest BCUT2D eigenvalue weighted by molar-refractivity contribution is 0.0232. The number of halogens is 1. The van der Waals surface area contributed by atoms with Crippen molar-refractivity contribution in [3.63, 3.8) is 0 Å². The van der Waals surface area contributed by atoms with Crippen LogP contribution in [0, 0.1) is 16.4 Å². The molecule has 1 heterocycles. The minimum absolute atomic E-state index is 0.00653. The molecule has 2 aromatic carbocycles. The highest BCUT2D eigenvalue weighted by Gasteiger charge is 2.45. The lowest BCUT2D eigenvalue weighted by Gasteiger charge is -2.35. The number of benzene rings is 2. The van der Waals surface area contributed by atoms with Crippen LogP contribution >= 0.6 is 22.6 Å². The fourth-order valence-corrected chi connectivity index (χ4v) is 4.34. The summed E-state index contributed by atoms with van der Waals surface area (Å²) in [5.74, 6) is 0.255. The molecule has 1 fully saturated rings. The van der Waals surface area contributed by atoms with Crippen LogP contribution in [-0.2, 0) is 11.2 Å². The molecule has 2 aromatic rings. The molecule has 2 aliphatic rings. The second-order valence-corrected chi connectivity index (χ2v) is 7.20. The van der Waals surface area contributed by atoms with Crippen molar-refractivity contribution in [2.24, 2.45) is 5.92 Å². The number of carbonyl (C=O) groups is 1. The first-order chi connectivity index (χ1) is 10.6. The number of fused-ring (bicyclic) bond motifs is 3. The standard InChI is InChI=1S/C18H16INO2/c1-10-6-7-11-9-14-16(12-4-2-3-5-15(12)19)20-18(21)22-17(14)13(11)8-10/h2-8,14,16-17H,9H2,1H3,(H,20,21)/t14-,16+,17-/m0/s1. The summed E-state index contributed by atoms with van der Waals surface area (Å²) in [6, 6.07) is 14.7. The molecule has 0 spiro atoms. The van der Waals surface area contributed by atoms with E-state index in [1.54, 1.807) is 0 Å². The maximum atomic E-state index is 12.1. The molecule has 0 aromatic heterocycles. The van der Waals surface area contributed by atoms with E-state index in [9.17, 15) is 4.79 Å². The van der Waals surface area contributed by atoms with Gasteiger partial charge in [0.1, 0.15) is 6.10 Å². The number of hydrogen-bond donors (Lipinski definition) is 1. The highest BCUT2D eigenvalue weighted by molar-refractivity contribution is 14.1. The smallest absolute Gasteiger partial charge is 0.408 e. The Morgan fingerprint density at radius 1 is 1.18 bits per heavy atom. The van der Waals surface area contributed by atoms with Gasteiger partial charge in [-0.25, -0.2) is 4.79 Å². The summed E-state index contributed by atoms with van der Waals surface area (Å²) in [5.41, 5.74) is 4.86. The minimum Gasteiger partial charge on any atom is -0.441 e. The summed E-state index contributed by atoms with van der Waals surface area (Å²) in [6.45, 7) is 2.08. The Labute approximate surface area is 143 Å². The molecule has 1 aliphatic heterocycles. The monoisotopic (exact) mass is 405 g/mol. The zero-order valence-corrected chi connectivity index (χ0v) is 14.3. The Hall–Kier alpha value is -1.56. The molecule has 0 unspecified atom stereocenters. The third kappa shape index (κ3) is 2.20. The fraction of sp³-hybridized carbons (Fsp3) is 0.278. The molecule has 0 saturated carbocycles. The largest absolute Gasteiger partial charge is 0.441 e. The molecule has 0 radical (unpaired) electrons. The Morgan fingerprint density at radius 2 is 2.00 bits per heavy atom. The molecule has 1 N–H and O–H groups in total. The lowest BCUT2D eigenvalue weighted by Crippen LogP contribution is -2.42. The molecule has 4 rings (SSSR count). The SMILES string of the molecule is Cc1ccc2c(c1)[C@@H]1OC(=O)N[C@H](c3ccccc3I)[C@@H]1C2. The van der Waals surface area contributed by atoms with Gasteiger partial charge in [-0.05, 0) is 58.7 Å². The van der Waals surface area contributed by atoms with Gasteiger partial charge in [0.05, 0.1) is 6.04 Å². The number of aryl methyl sites for hydroxylation is 1. The fourth-order valence-electron chi connectivity index (χ4n) is 3.62. The first kappa shape index (κ1) is 14.1. The average Bonchev–Trinajstić information content (AvgIpc) is 2.85. The van der Waals surface area contributed by atoms with Crippen molar-refractivity contribution >= 4 is 28.7 Å². The minimum atomic E-state index is -0.319. The molecule has 3 nitrogen and oxygen atoms in total. The van der Waals surface area contributed by atoms with Crippen LogP contribution in [0.25, 0.3) is 0 Å². The predicted octanol–water partition coefficient (Wildman–Crippen LogP) is 4.29. The van der Waals surface area contributed by atoms with Gasteiger partial charge in [0.25, 0.3) is 0 Å². The van der Waals surface area contributed by atoms with Crippen LogP contribution in [0.5, 0.6) is 0 Å². The predicted molar refractivity (Wildman–Crippen MR) is 92.6 cm³/mol. The maximum absolute atomic E-state index is 12.1. The highest BCUT2D eigenvalue weighted by Crippen LogP contribution is 2.48. The first-order valence-corrected chi connectivity index (χ1v) is 8.52. The van der Waals surface area contributed by atoms with Crippen molar-refractivity contribution in [2.75, 3.05) is 0 Å². The van der Waals surface area contributed by atoms with Gasteiger partial charge < -0.3 is 10.1 Å². The van der Waals surface area contributed by atoms with Gasteiger partial charge in [-0.3, -0.25) is 0 Å². The Bertz CT molecular complexity index is 759. The summed E-state index contributed by atoms with van der Waals surface area (Å²) >= 11 is 2.34. The molecule has 1 saturated heterocycles. The van der Waals surface area contributed by atoms with E-state index in [1.807, 2.05) is 12.1 Å². The number of rotatable bonds is 1. The van der Waals surface area contributed by atoms with E-state index in [-0.39, 0.29) is 24.2 Å². The quantitative estimate of drug-likeness (QED) is 0.719. The number of amides is 1. The van der Waals surface area contributed by atoms with E-state index in [4.69, 9.17) is 4.74 Å². The van der Waals surface area contributed by atoms with Crippen molar-refractivity contribution in [3.8, 4) is 0 Å². The first-order valence-electron chi connectivity index (χ1n) is 7.44. The van der Waals surface area contributed by atoms with Gasteiger partial charge in [-0.15, -0.1) is 0 Å².